The third kappa shape index (κ3) is 16.0. The largest absolute Gasteiger partial charge is 0.508 e. The average Bonchev–Trinajstić information content (AvgIpc) is 2.85. The van der Waals surface area contributed by atoms with Gasteiger partial charge in [0.15, 0.2) is 0 Å². The molecule has 5 nitrogen and oxygen atoms in total. The first-order valence-corrected chi connectivity index (χ1v) is 11.7. The minimum absolute atomic E-state index is 0.0204. The molecule has 2 unspecified atom stereocenters. The number of aryl methyl sites for hydroxylation is 1. The van der Waals surface area contributed by atoms with E-state index >= 15 is 0 Å². The van der Waals surface area contributed by atoms with E-state index in [0.29, 0.717) is 17.1 Å². The van der Waals surface area contributed by atoms with Crippen molar-refractivity contribution in [3.63, 3.8) is 0 Å². The van der Waals surface area contributed by atoms with Gasteiger partial charge >= 0.3 is 5.97 Å². The minimum atomic E-state index is -1.02. The quantitative estimate of drug-likeness (QED) is 0.321. The van der Waals surface area contributed by atoms with Crippen LogP contribution in [0.15, 0.2) is 70.8 Å². The van der Waals surface area contributed by atoms with Crippen LogP contribution in [0.2, 0.25) is 0 Å². The molecule has 7 heteroatoms. The van der Waals surface area contributed by atoms with Gasteiger partial charge in [-0.15, -0.1) is 6.58 Å². The summed E-state index contributed by atoms with van der Waals surface area (Å²) in [6.07, 6.45) is 11.9. The Morgan fingerprint density at radius 1 is 1.34 bits per heavy atom. The van der Waals surface area contributed by atoms with Gasteiger partial charge in [0.05, 0.1) is 23.5 Å². The normalized spacial score (nSPS) is 18.0. The number of hydrogen-bond donors (Lipinski definition) is 3. The number of benzene rings is 1. The average molecular weight is 503 g/mol. The van der Waals surface area contributed by atoms with Crippen molar-refractivity contribution in [1.29, 1.82) is 0 Å². The van der Waals surface area contributed by atoms with Crippen molar-refractivity contribution in [3.8, 4) is 17.6 Å². The van der Waals surface area contributed by atoms with Crippen LogP contribution in [0, 0.1) is 24.7 Å². The topological polar surface area (TPSA) is 81.9 Å². The van der Waals surface area contributed by atoms with Crippen LogP contribution >= 0.6 is 11.6 Å². The Bertz CT molecular complexity index is 986. The molecule has 2 atom stereocenters. The Kier molecular flexibility index (Phi) is 17.3. The molecule has 0 saturated heterocycles. The lowest BCUT2D eigenvalue weighted by atomic mass is 10.1. The van der Waals surface area contributed by atoms with Gasteiger partial charge in [0, 0.05) is 18.0 Å². The van der Waals surface area contributed by atoms with Crippen LogP contribution in [0.5, 0.6) is 5.75 Å². The number of aromatic carboxylic acids is 1. The van der Waals surface area contributed by atoms with E-state index in [1.165, 1.54) is 25.1 Å². The number of nitrogens with one attached hydrogen (secondary N) is 1. The van der Waals surface area contributed by atoms with E-state index in [-0.39, 0.29) is 17.2 Å². The smallest absolute Gasteiger partial charge is 0.336 e. The third-order valence-corrected chi connectivity index (χ3v) is 4.74. The van der Waals surface area contributed by atoms with Gasteiger partial charge < -0.3 is 15.5 Å². The third-order valence-electron chi connectivity index (χ3n) is 4.39. The van der Waals surface area contributed by atoms with Gasteiger partial charge in [0.2, 0.25) is 0 Å². The fourth-order valence-corrected chi connectivity index (χ4v) is 2.63. The predicted molar refractivity (Wildman–Crippen MR) is 145 cm³/mol. The molecular weight excluding hydrogens is 467 g/mol. The molecule has 0 aromatic heterocycles. The van der Waals surface area contributed by atoms with E-state index in [4.69, 9.17) is 21.8 Å². The van der Waals surface area contributed by atoms with Crippen LogP contribution in [0.4, 0.5) is 4.39 Å². The molecule has 1 heterocycles. The van der Waals surface area contributed by atoms with Crippen molar-refractivity contribution in [2.75, 3.05) is 13.1 Å². The molecule has 1 aliphatic rings. The number of allylic oxidation sites excluding steroid dienone is 6. The first kappa shape index (κ1) is 31.7. The molecule has 190 valence electrons. The second kappa shape index (κ2) is 19.1. The van der Waals surface area contributed by atoms with Crippen molar-refractivity contribution in [3.05, 3.63) is 76.9 Å². The maximum absolute atomic E-state index is 11.6. The van der Waals surface area contributed by atoms with Gasteiger partial charge in [-0.3, -0.25) is 4.99 Å². The summed E-state index contributed by atoms with van der Waals surface area (Å²) in [5.74, 6) is 5.38. The van der Waals surface area contributed by atoms with Gasteiger partial charge in [-0.1, -0.05) is 53.8 Å². The zero-order chi connectivity index (χ0) is 26.6. The Balaban J connectivity index is 0.000000574. The van der Waals surface area contributed by atoms with Crippen molar-refractivity contribution >= 4 is 23.9 Å². The molecule has 1 aliphatic heterocycles. The van der Waals surface area contributed by atoms with Gasteiger partial charge in [-0.05, 0) is 64.3 Å². The lowest BCUT2D eigenvalue weighted by molar-refractivity contribution is 0.0695. The Morgan fingerprint density at radius 3 is 2.60 bits per heavy atom. The monoisotopic (exact) mass is 502 g/mol. The molecule has 0 radical (unpaired) electrons. The van der Waals surface area contributed by atoms with Crippen molar-refractivity contribution in [2.24, 2.45) is 10.9 Å². The summed E-state index contributed by atoms with van der Waals surface area (Å²) in [7, 11) is 0. The number of carboxylic acids is 1. The Labute approximate surface area is 213 Å². The summed E-state index contributed by atoms with van der Waals surface area (Å²) < 4.78 is 11.6. The predicted octanol–water partition coefficient (Wildman–Crippen LogP) is 6.59. The molecule has 0 saturated carbocycles. The summed E-state index contributed by atoms with van der Waals surface area (Å²) in [5.41, 5.74) is 1.68. The van der Waals surface area contributed by atoms with Crippen LogP contribution < -0.4 is 5.32 Å². The number of rotatable bonds is 3. The first-order valence-electron chi connectivity index (χ1n) is 11.3. The van der Waals surface area contributed by atoms with Crippen LogP contribution in [-0.4, -0.2) is 41.8 Å². The fraction of sp³-hybridized carbons (Fsp3) is 0.357. The molecule has 0 fully saturated rings. The highest BCUT2D eigenvalue weighted by Gasteiger charge is 2.06. The van der Waals surface area contributed by atoms with Crippen LogP contribution in [-0.2, 0) is 0 Å². The number of carbonyl (C=O) groups is 1. The van der Waals surface area contributed by atoms with Gasteiger partial charge in [0.25, 0.3) is 0 Å². The van der Waals surface area contributed by atoms with Crippen LogP contribution in [0.1, 0.15) is 49.5 Å². The van der Waals surface area contributed by atoms with Gasteiger partial charge in [-0.2, -0.15) is 0 Å². The molecule has 0 spiro atoms. The van der Waals surface area contributed by atoms with E-state index in [1.807, 2.05) is 19.1 Å². The minimum Gasteiger partial charge on any atom is -0.508 e. The van der Waals surface area contributed by atoms with Gasteiger partial charge in [0.1, 0.15) is 11.9 Å². The number of carboxylic acid groups (broad SMARTS) is 1. The highest BCUT2D eigenvalue weighted by molar-refractivity contribution is 6.32. The molecule has 1 aromatic rings. The van der Waals surface area contributed by atoms with E-state index in [1.54, 1.807) is 32.3 Å². The van der Waals surface area contributed by atoms with E-state index in [0.717, 1.165) is 25.0 Å². The maximum atomic E-state index is 11.6. The summed E-state index contributed by atoms with van der Waals surface area (Å²) in [6.45, 7) is 12.2. The van der Waals surface area contributed by atoms with Crippen molar-refractivity contribution in [2.45, 2.75) is 46.7 Å². The maximum Gasteiger partial charge on any atom is 0.336 e. The fourth-order valence-electron chi connectivity index (χ4n) is 2.44. The Morgan fingerprint density at radius 2 is 2.06 bits per heavy atom. The molecule has 2 rings (SSSR count). The lowest BCUT2D eigenvalue weighted by Gasteiger charge is -1.99. The van der Waals surface area contributed by atoms with E-state index in [9.17, 15) is 9.18 Å². The van der Waals surface area contributed by atoms with Crippen LogP contribution in [0.25, 0.3) is 0 Å². The number of aliphatic imine (C=N–C) groups is 1. The molecule has 1 aromatic carbocycles. The molecule has 0 aliphatic carbocycles. The van der Waals surface area contributed by atoms with Crippen LogP contribution in [0.3, 0.4) is 0 Å². The Hall–Kier alpha value is -3.30. The van der Waals surface area contributed by atoms with E-state index < -0.39 is 12.1 Å². The molecule has 0 amide bonds. The SMILES string of the molecule is C/C=C\C(C)F.C=CC(C)C#CC1=C/CCCNC=NC/C=C\1Cl.Cc1ccc(O)cc1C(=O)O. The summed E-state index contributed by atoms with van der Waals surface area (Å²) >= 11 is 6.24. The summed E-state index contributed by atoms with van der Waals surface area (Å²) in [6, 6.07) is 4.26. The number of hydrogen-bond acceptors (Lipinski definition) is 4. The van der Waals surface area contributed by atoms with Crippen molar-refractivity contribution < 1.29 is 19.4 Å². The zero-order valence-corrected chi connectivity index (χ0v) is 21.6. The summed E-state index contributed by atoms with van der Waals surface area (Å²) in [5, 5.41) is 21.3. The molecule has 0 bridgehead atoms. The standard InChI is InChI=1S/C15H19ClN2.C8H8O3.C5H9F/c1-3-13(2)7-8-14-6-4-5-10-17-12-18-11-9-15(14)16;1-5-2-3-6(9)4-7(5)8(10)11;1-3-4-5(2)6/h3,6,9,12-13H,1,4-5,10-11H2,2H3,(H,17,18);2-4,9H,1H3,(H,10,11);3-5H,1-2H3/b14-6-,15-9+;;4-3-. The number of alkyl halides is 1. The lowest BCUT2D eigenvalue weighted by Crippen LogP contribution is -2.12. The second-order valence-electron chi connectivity index (χ2n) is 7.56. The molecule has 3 N–H and O–H groups in total. The van der Waals surface area contributed by atoms with Gasteiger partial charge in [-0.25, -0.2) is 9.18 Å². The second-order valence-corrected chi connectivity index (χ2v) is 7.97. The first-order chi connectivity index (χ1) is 16.6. The van der Waals surface area contributed by atoms with E-state index in [2.05, 4.69) is 34.8 Å². The zero-order valence-electron chi connectivity index (χ0n) is 20.9. The highest BCUT2D eigenvalue weighted by Crippen LogP contribution is 2.16. The molecule has 35 heavy (non-hydrogen) atoms. The number of nitrogens with zero attached hydrogens (tertiary/aromatic N) is 1. The number of phenolic OH excluding ortho intramolecular Hbond substituents is 1. The van der Waals surface area contributed by atoms with Crippen molar-refractivity contribution in [1.82, 2.24) is 5.32 Å². The number of phenols is 1. The number of halogens is 2. The highest BCUT2D eigenvalue weighted by atomic mass is 35.5. The number of aromatic hydroxyl groups is 1. The summed E-state index contributed by atoms with van der Waals surface area (Å²) in [4.78, 5) is 14.6. The molecular formula is C28H36ClFN2O3.